The van der Waals surface area contributed by atoms with Crippen molar-refractivity contribution >= 4 is 44.6 Å². The maximum atomic E-state index is 13.1. The first-order valence-corrected chi connectivity index (χ1v) is 9.23. The number of nitrogens with zero attached hydrogens (tertiary/aromatic N) is 1. The lowest BCUT2D eigenvalue weighted by molar-refractivity contribution is -0.140. The van der Waals surface area contributed by atoms with E-state index in [1.54, 1.807) is 4.90 Å². The Balaban J connectivity index is 0.00000196. The molecule has 2 heterocycles. The summed E-state index contributed by atoms with van der Waals surface area (Å²) in [6, 6.07) is 8.35. The van der Waals surface area contributed by atoms with Crippen LogP contribution in [0.15, 0.2) is 30.3 Å². The first-order valence-electron chi connectivity index (χ1n) is 9.23. The molecule has 1 N–H and O–H groups in total. The van der Waals surface area contributed by atoms with Crippen LogP contribution in [0.2, 0.25) is 0 Å². The van der Waals surface area contributed by atoms with Gasteiger partial charge in [-0.25, -0.2) is 0 Å². The Kier molecular flexibility index (Phi) is 9.53. The fourth-order valence-electron chi connectivity index (χ4n) is 3.76. The molecular weight excluding hydrogens is 396 g/mol. The summed E-state index contributed by atoms with van der Waals surface area (Å²) in [7, 11) is 0. The van der Waals surface area contributed by atoms with Crippen molar-refractivity contribution in [1.29, 1.82) is 0 Å². The van der Waals surface area contributed by atoms with Gasteiger partial charge in [0.1, 0.15) is 18.7 Å². The molecule has 0 bridgehead atoms. The van der Waals surface area contributed by atoms with E-state index in [0.717, 1.165) is 5.56 Å². The second-order valence-corrected chi connectivity index (χ2v) is 7.49. The zero-order valence-electron chi connectivity index (χ0n) is 16.3. The number of carbonyl (C=O) groups excluding carboxylic acids is 3. The summed E-state index contributed by atoms with van der Waals surface area (Å²) in [5.41, 5.74) is 0.904. The number of ketones is 1. The van der Waals surface area contributed by atoms with Crippen LogP contribution in [0.25, 0.3) is 0 Å². The Morgan fingerprint density at radius 3 is 2.54 bits per heavy atom. The first-order chi connectivity index (χ1) is 12.5. The molecule has 3 atom stereocenters. The third-order valence-electron chi connectivity index (χ3n) is 4.94. The van der Waals surface area contributed by atoms with Crippen LogP contribution in [0.3, 0.4) is 0 Å². The average Bonchev–Trinajstić information content (AvgIpc) is 3.17. The number of carbonyl (C=O) groups is 3. The van der Waals surface area contributed by atoms with Gasteiger partial charge >= 0.3 is 0 Å². The summed E-state index contributed by atoms with van der Waals surface area (Å²) < 4.78 is 5.46. The van der Waals surface area contributed by atoms with E-state index in [2.05, 4.69) is 5.32 Å². The molecular formula is C20H30N2O4S2. The highest BCUT2D eigenvalue weighted by atomic mass is 32.1. The number of nitrogens with one attached hydrogen (secondary N) is 1. The summed E-state index contributed by atoms with van der Waals surface area (Å²) >= 11 is 0. The summed E-state index contributed by atoms with van der Waals surface area (Å²) in [5, 5.41) is 2.89. The van der Waals surface area contributed by atoms with Crippen LogP contribution in [0.4, 0.5) is 0 Å². The quantitative estimate of drug-likeness (QED) is 0.749. The van der Waals surface area contributed by atoms with Crippen molar-refractivity contribution in [2.24, 2.45) is 5.92 Å². The van der Waals surface area contributed by atoms with Crippen molar-refractivity contribution in [3.63, 3.8) is 0 Å². The van der Waals surface area contributed by atoms with Crippen molar-refractivity contribution in [3.8, 4) is 0 Å². The Morgan fingerprint density at radius 2 is 1.89 bits per heavy atom. The predicted molar refractivity (Wildman–Crippen MR) is 117 cm³/mol. The van der Waals surface area contributed by atoms with Gasteiger partial charge in [0.25, 0.3) is 0 Å². The Hall–Kier alpha value is -1.51. The van der Waals surface area contributed by atoms with Gasteiger partial charge in [-0.1, -0.05) is 44.2 Å². The minimum atomic E-state index is -0.613. The van der Waals surface area contributed by atoms with Crippen LogP contribution in [0.1, 0.15) is 32.3 Å². The van der Waals surface area contributed by atoms with Crippen molar-refractivity contribution in [2.75, 3.05) is 13.2 Å². The van der Waals surface area contributed by atoms with E-state index in [0.29, 0.717) is 19.4 Å². The molecule has 0 unspecified atom stereocenters. The minimum absolute atomic E-state index is 0. The zero-order chi connectivity index (χ0) is 18.7. The van der Waals surface area contributed by atoms with Crippen LogP contribution < -0.4 is 5.32 Å². The maximum absolute atomic E-state index is 13.1. The van der Waals surface area contributed by atoms with Gasteiger partial charge in [-0.2, -0.15) is 27.0 Å². The Labute approximate surface area is 180 Å². The average molecular weight is 427 g/mol. The second-order valence-electron chi connectivity index (χ2n) is 7.49. The van der Waals surface area contributed by atoms with E-state index in [9.17, 15) is 14.4 Å². The topological polar surface area (TPSA) is 75.7 Å². The summed E-state index contributed by atoms with van der Waals surface area (Å²) in [6.45, 7) is 4.61. The number of Topliss-reactive ketones (excluding diaryl/α,β-unsaturated/α-hetero) is 1. The molecule has 2 aliphatic heterocycles. The van der Waals surface area contributed by atoms with Gasteiger partial charge in [-0.15, -0.1) is 0 Å². The van der Waals surface area contributed by atoms with E-state index in [4.69, 9.17) is 4.74 Å². The van der Waals surface area contributed by atoms with Gasteiger partial charge in [-0.3, -0.25) is 14.4 Å². The van der Waals surface area contributed by atoms with E-state index in [1.165, 1.54) is 0 Å². The minimum Gasteiger partial charge on any atom is -0.368 e. The number of ether oxygens (including phenoxy) is 1. The number of fused-ring (bicyclic) bond motifs is 1. The number of hydrogen-bond donors (Lipinski definition) is 1. The monoisotopic (exact) mass is 426 g/mol. The number of likely N-dealkylation sites (tertiary alicyclic amines) is 1. The van der Waals surface area contributed by atoms with Crippen LogP contribution in [-0.4, -0.2) is 53.8 Å². The van der Waals surface area contributed by atoms with Gasteiger partial charge in [0.15, 0.2) is 5.78 Å². The van der Waals surface area contributed by atoms with Crippen molar-refractivity contribution in [2.45, 2.75) is 51.3 Å². The fraction of sp³-hybridized carbons (Fsp3) is 0.550. The molecule has 8 heteroatoms. The van der Waals surface area contributed by atoms with Crippen LogP contribution in [-0.2, 0) is 25.5 Å². The molecule has 1 aromatic carbocycles. The summed E-state index contributed by atoms with van der Waals surface area (Å²) in [4.78, 5) is 39.2. The zero-order valence-corrected chi connectivity index (χ0v) is 18.3. The van der Waals surface area contributed by atoms with Gasteiger partial charge in [0, 0.05) is 6.54 Å². The fourth-order valence-corrected chi connectivity index (χ4v) is 3.76. The largest absolute Gasteiger partial charge is 0.368 e. The first kappa shape index (κ1) is 24.5. The van der Waals surface area contributed by atoms with Crippen LogP contribution >= 0.6 is 27.0 Å². The van der Waals surface area contributed by atoms with Gasteiger partial charge in [0.05, 0.1) is 12.5 Å². The molecule has 0 radical (unpaired) electrons. The molecule has 2 saturated heterocycles. The normalized spacial score (nSPS) is 21.5. The third-order valence-corrected chi connectivity index (χ3v) is 4.94. The lowest BCUT2D eigenvalue weighted by atomic mass is 10.0. The standard InChI is InChI=1S/C20H26N2O4.2H2S/c1-13(2)10-15(21-18(24)11-14-6-4-3-5-7-14)20(25)22-9-8-17-19(22)16(23)12-26-17;;/h3-7,13,15,17,19H,8-12H2,1-2H3,(H,21,24);2*1H2/t15-,17+,19+;;/m0../s1. The van der Waals surface area contributed by atoms with Crippen molar-refractivity contribution < 1.29 is 19.1 Å². The molecule has 1 aromatic rings. The third kappa shape index (κ3) is 5.75. The van der Waals surface area contributed by atoms with Gasteiger partial charge in [-0.05, 0) is 24.3 Å². The molecule has 3 rings (SSSR count). The molecule has 0 spiro atoms. The Morgan fingerprint density at radius 1 is 1.21 bits per heavy atom. The molecule has 2 amide bonds. The van der Waals surface area contributed by atoms with Crippen LogP contribution in [0, 0.1) is 5.92 Å². The van der Waals surface area contributed by atoms with E-state index >= 15 is 0 Å². The maximum Gasteiger partial charge on any atom is 0.245 e. The number of hydrogen-bond acceptors (Lipinski definition) is 4. The summed E-state index contributed by atoms with van der Waals surface area (Å²) in [5.74, 6) is -0.152. The van der Waals surface area contributed by atoms with Crippen molar-refractivity contribution in [3.05, 3.63) is 35.9 Å². The molecule has 156 valence electrons. The molecule has 2 fully saturated rings. The smallest absolute Gasteiger partial charge is 0.245 e. The summed E-state index contributed by atoms with van der Waals surface area (Å²) in [6.07, 6.45) is 1.26. The van der Waals surface area contributed by atoms with Crippen LogP contribution in [0.5, 0.6) is 0 Å². The van der Waals surface area contributed by atoms with Gasteiger partial charge in [0.2, 0.25) is 11.8 Å². The molecule has 0 saturated carbocycles. The molecule has 6 nitrogen and oxygen atoms in total. The highest BCUT2D eigenvalue weighted by Gasteiger charge is 2.48. The van der Waals surface area contributed by atoms with E-state index in [-0.39, 0.29) is 69.6 Å². The molecule has 28 heavy (non-hydrogen) atoms. The highest BCUT2D eigenvalue weighted by molar-refractivity contribution is 7.59. The lowest BCUT2D eigenvalue weighted by Crippen LogP contribution is -2.52. The number of benzene rings is 1. The molecule has 2 aliphatic rings. The van der Waals surface area contributed by atoms with E-state index < -0.39 is 12.1 Å². The highest BCUT2D eigenvalue weighted by Crippen LogP contribution is 2.28. The van der Waals surface area contributed by atoms with Crippen molar-refractivity contribution in [1.82, 2.24) is 10.2 Å². The molecule has 0 aliphatic carbocycles. The predicted octanol–water partition coefficient (Wildman–Crippen LogP) is 1.55. The SMILES string of the molecule is CC(C)C[C@H](NC(=O)Cc1ccccc1)C(=O)N1CC[C@H]2OCC(=O)[C@H]21.S.S. The lowest BCUT2D eigenvalue weighted by Gasteiger charge is -2.28. The second kappa shape index (κ2) is 10.9. The number of amides is 2. The number of rotatable bonds is 6. The Bertz CT molecular complexity index is 684. The van der Waals surface area contributed by atoms with Gasteiger partial charge < -0.3 is 15.0 Å². The molecule has 0 aromatic heterocycles. The van der Waals surface area contributed by atoms with E-state index in [1.807, 2.05) is 44.2 Å².